The van der Waals surface area contributed by atoms with Crippen molar-refractivity contribution in [1.82, 2.24) is 0 Å². The van der Waals surface area contributed by atoms with Crippen LogP contribution in [0.5, 0.6) is 17.2 Å². The summed E-state index contributed by atoms with van der Waals surface area (Å²) in [5.41, 5.74) is 0.490. The van der Waals surface area contributed by atoms with Crippen molar-refractivity contribution in [2.24, 2.45) is 0 Å². The molecule has 0 aliphatic carbocycles. The van der Waals surface area contributed by atoms with E-state index >= 15 is 0 Å². The lowest BCUT2D eigenvalue weighted by Gasteiger charge is -1.97. The lowest BCUT2D eigenvalue weighted by atomic mass is 10.2. The van der Waals surface area contributed by atoms with Gasteiger partial charge in [-0.05, 0) is 49.9 Å². The highest BCUT2D eigenvalue weighted by atomic mass is 32.2. The van der Waals surface area contributed by atoms with E-state index in [-0.39, 0.29) is 11.2 Å². The number of benzene rings is 2. The fourth-order valence-corrected chi connectivity index (χ4v) is 2.32. The third kappa shape index (κ3) is 6.96. The summed E-state index contributed by atoms with van der Waals surface area (Å²) >= 11 is 1.55. The first kappa shape index (κ1) is 23.0. The van der Waals surface area contributed by atoms with Gasteiger partial charge in [-0.2, -0.15) is 0 Å². The Hall–Kier alpha value is -3.00. The zero-order valence-corrected chi connectivity index (χ0v) is 16.3. The van der Waals surface area contributed by atoms with Gasteiger partial charge in [-0.1, -0.05) is 12.1 Å². The van der Waals surface area contributed by atoms with E-state index in [0.717, 1.165) is 23.3 Å². The molecule has 8 heteroatoms. The van der Waals surface area contributed by atoms with Crippen molar-refractivity contribution in [3.63, 3.8) is 0 Å². The number of hydrogen-bond donors (Lipinski definition) is 3. The van der Waals surface area contributed by atoms with Crippen LogP contribution < -0.4 is 5.43 Å². The number of para-hydroxylation sites is 1. The molecular weight excluding hydrogens is 390 g/mol. The summed E-state index contributed by atoms with van der Waals surface area (Å²) in [7, 11) is 0. The van der Waals surface area contributed by atoms with Gasteiger partial charge in [0, 0.05) is 10.5 Å². The largest absolute Gasteiger partial charge is 0.507 e. The molecule has 0 unspecified atom stereocenters. The Balaban J connectivity index is 0.000000210. The topological polar surface area (TPSA) is 90.9 Å². The van der Waals surface area contributed by atoms with Crippen LogP contribution in [0.2, 0.25) is 0 Å². The first-order valence-corrected chi connectivity index (χ1v) is 9.12. The normalized spacial score (nSPS) is 9.61. The van der Waals surface area contributed by atoms with Crippen LogP contribution in [0.25, 0.3) is 0 Å². The SMILES string of the molecule is CSc1ccccc1O.Cc1cc(F)c(O)c(F)c1.Cc1cocc(O)c1=O. The lowest BCUT2D eigenvalue weighted by molar-refractivity contribution is 0.395. The molecular formula is C20H20F2O5S. The molecule has 1 heterocycles. The van der Waals surface area contributed by atoms with Crippen LogP contribution in [0, 0.1) is 25.5 Å². The van der Waals surface area contributed by atoms with Crippen molar-refractivity contribution in [2.45, 2.75) is 18.7 Å². The minimum absolute atomic E-state index is 0.338. The average molecular weight is 410 g/mol. The van der Waals surface area contributed by atoms with Crippen LogP contribution in [0.1, 0.15) is 11.1 Å². The van der Waals surface area contributed by atoms with Gasteiger partial charge in [-0.3, -0.25) is 4.79 Å². The molecule has 3 rings (SSSR count). The van der Waals surface area contributed by atoms with Crippen molar-refractivity contribution in [1.29, 1.82) is 0 Å². The molecule has 0 saturated heterocycles. The van der Waals surface area contributed by atoms with Gasteiger partial charge in [0.15, 0.2) is 23.1 Å². The van der Waals surface area contributed by atoms with Gasteiger partial charge in [0.05, 0.1) is 6.26 Å². The summed E-state index contributed by atoms with van der Waals surface area (Å²) in [5, 5.41) is 26.4. The maximum Gasteiger partial charge on any atom is 0.229 e. The van der Waals surface area contributed by atoms with Crippen molar-refractivity contribution in [3.8, 4) is 17.2 Å². The molecule has 0 radical (unpaired) electrons. The van der Waals surface area contributed by atoms with Crippen molar-refractivity contribution < 1.29 is 28.5 Å². The molecule has 3 aromatic rings. The van der Waals surface area contributed by atoms with E-state index in [1.54, 1.807) is 31.7 Å². The van der Waals surface area contributed by atoms with Crippen LogP contribution in [0.4, 0.5) is 8.78 Å². The minimum atomic E-state index is -0.919. The summed E-state index contributed by atoms with van der Waals surface area (Å²) in [6, 6.07) is 9.43. The number of thioether (sulfide) groups is 1. The van der Waals surface area contributed by atoms with E-state index < -0.39 is 17.4 Å². The zero-order valence-electron chi connectivity index (χ0n) is 15.4. The Bertz CT molecular complexity index is 927. The van der Waals surface area contributed by atoms with Crippen molar-refractivity contribution in [2.75, 3.05) is 6.26 Å². The first-order chi connectivity index (χ1) is 13.2. The molecule has 28 heavy (non-hydrogen) atoms. The van der Waals surface area contributed by atoms with Crippen LogP contribution >= 0.6 is 11.8 Å². The molecule has 0 saturated carbocycles. The molecule has 0 aliphatic heterocycles. The van der Waals surface area contributed by atoms with Crippen LogP contribution in [0.15, 0.2) is 63.0 Å². The van der Waals surface area contributed by atoms with Gasteiger partial charge in [0.1, 0.15) is 12.0 Å². The molecule has 0 bridgehead atoms. The maximum atomic E-state index is 12.4. The Morgan fingerprint density at radius 3 is 1.93 bits per heavy atom. The van der Waals surface area contributed by atoms with Crippen molar-refractivity contribution in [3.05, 3.63) is 81.9 Å². The molecule has 0 atom stereocenters. The molecule has 0 spiro atoms. The molecule has 2 aromatic carbocycles. The van der Waals surface area contributed by atoms with Gasteiger partial charge in [-0.25, -0.2) is 8.78 Å². The summed E-state index contributed by atoms with van der Waals surface area (Å²) in [5.74, 6) is -2.72. The summed E-state index contributed by atoms with van der Waals surface area (Å²) in [4.78, 5) is 11.6. The number of halogens is 2. The van der Waals surface area contributed by atoms with Crippen LogP contribution in [-0.2, 0) is 0 Å². The number of phenolic OH excluding ortho intramolecular Hbond substituents is 2. The van der Waals surface area contributed by atoms with Crippen molar-refractivity contribution >= 4 is 11.8 Å². The second-order valence-electron chi connectivity index (χ2n) is 5.52. The Morgan fingerprint density at radius 2 is 1.50 bits per heavy atom. The van der Waals surface area contributed by atoms with Crippen LogP contribution in [-0.4, -0.2) is 21.6 Å². The summed E-state index contributed by atoms with van der Waals surface area (Å²) in [6.45, 7) is 3.12. The fraction of sp³-hybridized carbons (Fsp3) is 0.150. The quantitative estimate of drug-likeness (QED) is 0.502. The standard InChI is InChI=1S/C7H6F2O.C7H8OS.C6H6O3/c1-4-2-5(8)7(10)6(9)3-4;1-9-7-5-3-2-4-6(7)8;1-4-2-9-3-5(7)6(4)8/h2-3,10H,1H3;2-5,8H,1H3;2-3,7H,1H3. The smallest absolute Gasteiger partial charge is 0.229 e. The molecule has 1 aromatic heterocycles. The molecule has 150 valence electrons. The Kier molecular flexibility index (Phi) is 9.04. The van der Waals surface area contributed by atoms with E-state index in [9.17, 15) is 13.6 Å². The third-order valence-corrected chi connectivity index (χ3v) is 4.05. The van der Waals surface area contributed by atoms with E-state index in [1.165, 1.54) is 6.26 Å². The molecule has 5 nitrogen and oxygen atoms in total. The average Bonchev–Trinajstić information content (AvgIpc) is 2.65. The van der Waals surface area contributed by atoms with E-state index in [4.69, 9.17) is 15.3 Å². The highest BCUT2D eigenvalue weighted by Gasteiger charge is 2.06. The highest BCUT2D eigenvalue weighted by molar-refractivity contribution is 7.98. The molecule has 0 fully saturated rings. The predicted octanol–water partition coefficient (Wildman–Crippen LogP) is 4.75. The third-order valence-electron chi connectivity index (χ3n) is 3.26. The van der Waals surface area contributed by atoms with Gasteiger partial charge >= 0.3 is 0 Å². The lowest BCUT2D eigenvalue weighted by Crippen LogP contribution is -2.01. The minimum Gasteiger partial charge on any atom is -0.507 e. The van der Waals surface area contributed by atoms with Gasteiger partial charge in [0.2, 0.25) is 5.43 Å². The Morgan fingerprint density at radius 1 is 0.929 bits per heavy atom. The monoisotopic (exact) mass is 410 g/mol. The second kappa shape index (κ2) is 11.0. The van der Waals surface area contributed by atoms with Crippen LogP contribution in [0.3, 0.4) is 0 Å². The molecule has 0 aliphatic rings. The Labute approximate surface area is 164 Å². The zero-order chi connectivity index (χ0) is 21.3. The van der Waals surface area contributed by atoms with Gasteiger partial charge < -0.3 is 19.7 Å². The maximum absolute atomic E-state index is 12.4. The van der Waals surface area contributed by atoms with E-state index in [0.29, 0.717) is 16.9 Å². The molecule has 3 N–H and O–H groups in total. The second-order valence-corrected chi connectivity index (χ2v) is 6.37. The predicted molar refractivity (Wildman–Crippen MR) is 104 cm³/mol. The summed E-state index contributed by atoms with van der Waals surface area (Å²) < 4.78 is 29.3. The first-order valence-electron chi connectivity index (χ1n) is 7.90. The number of hydrogen-bond acceptors (Lipinski definition) is 6. The van der Waals surface area contributed by atoms with E-state index in [1.807, 2.05) is 24.5 Å². The number of phenols is 2. The highest BCUT2D eigenvalue weighted by Crippen LogP contribution is 2.24. The fourth-order valence-electron chi connectivity index (χ4n) is 1.83. The number of rotatable bonds is 1. The molecule has 0 amide bonds. The summed E-state index contributed by atoms with van der Waals surface area (Å²) in [6.07, 6.45) is 4.24. The van der Waals surface area contributed by atoms with Gasteiger partial charge in [0.25, 0.3) is 0 Å². The number of aryl methyl sites for hydroxylation is 2. The van der Waals surface area contributed by atoms with Gasteiger partial charge in [-0.15, -0.1) is 11.8 Å². The van der Waals surface area contributed by atoms with E-state index in [2.05, 4.69) is 4.42 Å². The number of aromatic hydroxyl groups is 3.